The molecule has 0 aliphatic carbocycles. The first-order valence-electron chi connectivity index (χ1n) is 10.9. The number of hydrogen-bond acceptors (Lipinski definition) is 5. The van der Waals surface area contributed by atoms with Gasteiger partial charge in [0.15, 0.2) is 0 Å². The van der Waals surface area contributed by atoms with Gasteiger partial charge in [-0.15, -0.1) is 0 Å². The maximum Gasteiger partial charge on any atom is 0.269 e. The average molecular weight is 452 g/mol. The van der Waals surface area contributed by atoms with Gasteiger partial charge >= 0.3 is 0 Å². The molecule has 0 fully saturated rings. The smallest absolute Gasteiger partial charge is 0.269 e. The largest absolute Gasteiger partial charge is 0.308 e. The summed E-state index contributed by atoms with van der Waals surface area (Å²) in [5.74, 6) is 0.120. The van der Waals surface area contributed by atoms with Crippen LogP contribution >= 0.6 is 0 Å². The summed E-state index contributed by atoms with van der Waals surface area (Å²) >= 11 is 0. The molecule has 0 unspecified atom stereocenters. The van der Waals surface area contributed by atoms with Crippen molar-refractivity contribution in [3.8, 4) is 5.69 Å². The number of para-hydroxylation sites is 2. The molecule has 34 heavy (non-hydrogen) atoms. The SMILES string of the molecule is CCCN1C(=O)C(=Cc2nc3ccccc3c(=O)n2-c2ccc([N+](=O)[O-])cc2)c2ccccc21. The number of anilines is 1. The highest BCUT2D eigenvalue weighted by Gasteiger charge is 2.32. The number of aromatic nitrogens is 2. The van der Waals surface area contributed by atoms with Crippen LogP contribution in [0.1, 0.15) is 24.7 Å². The highest BCUT2D eigenvalue weighted by atomic mass is 16.6. The number of amides is 1. The Balaban J connectivity index is 1.76. The molecule has 4 aromatic rings. The second-order valence-electron chi connectivity index (χ2n) is 7.93. The van der Waals surface area contributed by atoms with E-state index in [0.29, 0.717) is 28.7 Å². The lowest BCUT2D eigenvalue weighted by Gasteiger charge is -2.15. The van der Waals surface area contributed by atoms with Crippen LogP contribution in [0.15, 0.2) is 77.6 Å². The Morgan fingerprint density at radius 1 is 0.971 bits per heavy atom. The summed E-state index contributed by atoms with van der Waals surface area (Å²) in [5.41, 5.74) is 2.56. The fourth-order valence-corrected chi connectivity index (χ4v) is 4.24. The van der Waals surface area contributed by atoms with Gasteiger partial charge in [0.05, 0.1) is 32.8 Å². The number of nitro benzene ring substituents is 1. The summed E-state index contributed by atoms with van der Waals surface area (Å²) in [5, 5.41) is 11.5. The summed E-state index contributed by atoms with van der Waals surface area (Å²) in [6.07, 6.45) is 2.43. The van der Waals surface area contributed by atoms with Crippen molar-refractivity contribution in [1.29, 1.82) is 0 Å². The van der Waals surface area contributed by atoms with Crippen molar-refractivity contribution in [3.05, 3.63) is 105 Å². The van der Waals surface area contributed by atoms with E-state index in [1.165, 1.54) is 28.8 Å². The van der Waals surface area contributed by atoms with Crippen LogP contribution < -0.4 is 10.5 Å². The topological polar surface area (TPSA) is 98.3 Å². The molecule has 2 heterocycles. The number of fused-ring (bicyclic) bond motifs is 2. The molecule has 8 nitrogen and oxygen atoms in total. The van der Waals surface area contributed by atoms with E-state index in [-0.39, 0.29) is 23.0 Å². The quantitative estimate of drug-likeness (QED) is 0.251. The molecule has 0 bridgehead atoms. The average Bonchev–Trinajstić information content (AvgIpc) is 3.11. The molecule has 168 valence electrons. The monoisotopic (exact) mass is 452 g/mol. The number of hydrogen-bond donors (Lipinski definition) is 0. The van der Waals surface area contributed by atoms with Gasteiger partial charge in [-0.3, -0.25) is 24.3 Å². The maximum absolute atomic E-state index is 13.5. The minimum atomic E-state index is -0.496. The minimum absolute atomic E-state index is 0.0828. The molecule has 1 aromatic heterocycles. The summed E-state index contributed by atoms with van der Waals surface area (Å²) in [4.78, 5) is 43.9. The van der Waals surface area contributed by atoms with Crippen molar-refractivity contribution < 1.29 is 9.72 Å². The van der Waals surface area contributed by atoms with Crippen molar-refractivity contribution >= 4 is 39.8 Å². The Labute approximate surface area is 194 Å². The van der Waals surface area contributed by atoms with Crippen LogP contribution in [0.2, 0.25) is 0 Å². The van der Waals surface area contributed by atoms with Crippen molar-refractivity contribution in [2.45, 2.75) is 13.3 Å². The molecule has 1 aliphatic heterocycles. The van der Waals surface area contributed by atoms with Crippen LogP contribution in [-0.2, 0) is 4.79 Å². The third-order valence-electron chi connectivity index (χ3n) is 5.80. The van der Waals surface area contributed by atoms with E-state index in [1.54, 1.807) is 35.2 Å². The molecule has 0 radical (unpaired) electrons. The first-order chi connectivity index (χ1) is 16.5. The predicted octanol–water partition coefficient (Wildman–Crippen LogP) is 4.59. The number of carbonyl (C=O) groups is 1. The number of nitrogens with zero attached hydrogens (tertiary/aromatic N) is 4. The van der Waals surface area contributed by atoms with Crippen LogP contribution in [0.5, 0.6) is 0 Å². The normalized spacial score (nSPS) is 14.1. The van der Waals surface area contributed by atoms with E-state index in [2.05, 4.69) is 0 Å². The van der Waals surface area contributed by atoms with Gasteiger partial charge in [-0.1, -0.05) is 37.3 Å². The summed E-state index contributed by atoms with van der Waals surface area (Å²) in [6, 6.07) is 20.2. The molecule has 0 N–H and O–H groups in total. The van der Waals surface area contributed by atoms with Crippen LogP contribution in [0.4, 0.5) is 11.4 Å². The van der Waals surface area contributed by atoms with Crippen molar-refractivity contribution in [2.24, 2.45) is 0 Å². The van der Waals surface area contributed by atoms with Gasteiger partial charge in [-0.05, 0) is 42.8 Å². The molecule has 3 aromatic carbocycles. The number of nitro groups is 1. The van der Waals surface area contributed by atoms with Crippen molar-refractivity contribution in [2.75, 3.05) is 11.4 Å². The lowest BCUT2D eigenvalue weighted by Crippen LogP contribution is -2.27. The van der Waals surface area contributed by atoms with Gasteiger partial charge in [0, 0.05) is 24.2 Å². The number of rotatable bonds is 5. The van der Waals surface area contributed by atoms with E-state index in [4.69, 9.17) is 4.98 Å². The molecule has 0 saturated heterocycles. The standard InChI is InChI=1S/C26H20N4O4/c1-2-15-28-23-10-6-4-7-19(23)21(25(28)31)16-24-27-22-9-5-3-8-20(22)26(32)29(24)17-11-13-18(14-12-17)30(33)34/h3-14,16H,2,15H2,1H3. The second-order valence-corrected chi connectivity index (χ2v) is 7.93. The molecule has 0 spiro atoms. The Morgan fingerprint density at radius 3 is 2.41 bits per heavy atom. The van der Waals surface area contributed by atoms with Gasteiger partial charge in [0.25, 0.3) is 17.2 Å². The predicted molar refractivity (Wildman–Crippen MR) is 131 cm³/mol. The zero-order chi connectivity index (χ0) is 23.8. The van der Waals surface area contributed by atoms with Crippen LogP contribution in [0.25, 0.3) is 28.2 Å². The van der Waals surface area contributed by atoms with Gasteiger partial charge < -0.3 is 4.90 Å². The Morgan fingerprint density at radius 2 is 1.68 bits per heavy atom. The highest BCUT2D eigenvalue weighted by molar-refractivity contribution is 6.35. The summed E-state index contributed by atoms with van der Waals surface area (Å²) in [6.45, 7) is 2.59. The fourth-order valence-electron chi connectivity index (χ4n) is 4.24. The molecule has 8 heteroatoms. The van der Waals surface area contributed by atoms with Crippen LogP contribution in [0.3, 0.4) is 0 Å². The van der Waals surface area contributed by atoms with Gasteiger partial charge in [0.2, 0.25) is 0 Å². The molecule has 1 amide bonds. The number of benzene rings is 3. The van der Waals surface area contributed by atoms with Gasteiger partial charge in [-0.2, -0.15) is 0 Å². The lowest BCUT2D eigenvalue weighted by molar-refractivity contribution is -0.384. The molecular weight excluding hydrogens is 432 g/mol. The first-order valence-corrected chi connectivity index (χ1v) is 10.9. The first kappa shape index (κ1) is 21.3. The fraction of sp³-hybridized carbons (Fsp3) is 0.115. The Bertz CT molecular complexity index is 1540. The van der Waals surface area contributed by atoms with E-state index < -0.39 is 4.92 Å². The summed E-state index contributed by atoms with van der Waals surface area (Å²) in [7, 11) is 0. The number of non-ortho nitro benzene ring substituents is 1. The van der Waals surface area contributed by atoms with Crippen LogP contribution in [0, 0.1) is 10.1 Å². The van der Waals surface area contributed by atoms with E-state index in [9.17, 15) is 19.7 Å². The molecule has 1 aliphatic rings. The molecule has 5 rings (SSSR count). The van der Waals surface area contributed by atoms with Gasteiger partial charge in [0.1, 0.15) is 5.82 Å². The van der Waals surface area contributed by atoms with Crippen molar-refractivity contribution in [1.82, 2.24) is 9.55 Å². The highest BCUT2D eigenvalue weighted by Crippen LogP contribution is 2.37. The third kappa shape index (κ3) is 3.45. The molecule has 0 atom stereocenters. The zero-order valence-corrected chi connectivity index (χ0v) is 18.3. The third-order valence-corrected chi connectivity index (χ3v) is 5.80. The Hall–Kier alpha value is -4.59. The summed E-state index contributed by atoms with van der Waals surface area (Å²) < 4.78 is 1.39. The molecule has 0 saturated carbocycles. The second kappa shape index (κ2) is 8.40. The maximum atomic E-state index is 13.5. The molecular formula is C26H20N4O4. The van der Waals surface area contributed by atoms with Gasteiger partial charge in [-0.25, -0.2) is 4.98 Å². The lowest BCUT2D eigenvalue weighted by atomic mass is 10.1. The van der Waals surface area contributed by atoms with Crippen LogP contribution in [-0.4, -0.2) is 26.9 Å². The Kier molecular flexibility index (Phi) is 5.25. The zero-order valence-electron chi connectivity index (χ0n) is 18.3. The van der Waals surface area contributed by atoms with E-state index >= 15 is 0 Å². The van der Waals surface area contributed by atoms with E-state index in [1.807, 2.05) is 31.2 Å². The minimum Gasteiger partial charge on any atom is -0.308 e. The number of carbonyl (C=O) groups excluding carboxylic acids is 1. The van der Waals surface area contributed by atoms with E-state index in [0.717, 1.165) is 17.7 Å². The van der Waals surface area contributed by atoms with Crippen molar-refractivity contribution in [3.63, 3.8) is 0 Å².